The molecule has 1 N–H and O–H groups in total. The van der Waals surface area contributed by atoms with E-state index in [0.717, 1.165) is 0 Å². The molecule has 2 saturated heterocycles. The van der Waals surface area contributed by atoms with Gasteiger partial charge in [0.1, 0.15) is 23.8 Å². The van der Waals surface area contributed by atoms with Crippen molar-refractivity contribution in [3.05, 3.63) is 30.1 Å². The second kappa shape index (κ2) is 8.40. The smallest absolute Gasteiger partial charge is 0.211 e. The lowest BCUT2D eigenvalue weighted by atomic mass is 10.0. The number of hydrogen-bond donors (Lipinski definition) is 1. The largest absolute Gasteiger partial charge is 0.490 e. The molecule has 0 saturated carbocycles. The van der Waals surface area contributed by atoms with Crippen molar-refractivity contribution in [3.8, 4) is 5.75 Å². The van der Waals surface area contributed by atoms with Gasteiger partial charge in [0, 0.05) is 38.3 Å². The summed E-state index contributed by atoms with van der Waals surface area (Å²) in [6, 6.07) is 5.99. The van der Waals surface area contributed by atoms with Gasteiger partial charge in [-0.2, -0.15) is 0 Å². The molecular formula is C18H27FN2O5S. The molecule has 27 heavy (non-hydrogen) atoms. The maximum atomic E-state index is 13.3. The first kappa shape index (κ1) is 20.5. The number of piperidine rings is 1. The van der Waals surface area contributed by atoms with Crippen LogP contribution in [0.4, 0.5) is 4.39 Å². The molecule has 0 aliphatic carbocycles. The summed E-state index contributed by atoms with van der Waals surface area (Å²) in [7, 11) is -3.16. The Morgan fingerprint density at radius 2 is 2.07 bits per heavy atom. The zero-order valence-corrected chi connectivity index (χ0v) is 16.3. The van der Waals surface area contributed by atoms with E-state index >= 15 is 0 Å². The van der Waals surface area contributed by atoms with Gasteiger partial charge in [0.15, 0.2) is 0 Å². The van der Waals surface area contributed by atoms with Gasteiger partial charge in [-0.05, 0) is 25.0 Å². The van der Waals surface area contributed by atoms with Crippen LogP contribution in [0.25, 0.3) is 0 Å². The van der Waals surface area contributed by atoms with Crippen LogP contribution >= 0.6 is 0 Å². The highest BCUT2D eigenvalue weighted by atomic mass is 32.2. The number of hydrogen-bond acceptors (Lipinski definition) is 6. The van der Waals surface area contributed by atoms with E-state index in [-0.39, 0.29) is 19.3 Å². The average Bonchev–Trinajstić information content (AvgIpc) is 2.82. The highest BCUT2D eigenvalue weighted by Crippen LogP contribution is 2.23. The molecule has 1 atom stereocenters. The molecule has 152 valence electrons. The number of aliphatic hydroxyl groups is 1. The number of rotatable bonds is 5. The lowest BCUT2D eigenvalue weighted by molar-refractivity contribution is -0.0684. The fourth-order valence-electron chi connectivity index (χ4n) is 3.66. The molecule has 1 aromatic rings. The Balaban J connectivity index is 1.59. The Bertz CT molecular complexity index is 739. The first-order chi connectivity index (χ1) is 12.8. The first-order valence-corrected chi connectivity index (χ1v) is 11.0. The van der Waals surface area contributed by atoms with Crippen molar-refractivity contribution in [2.24, 2.45) is 0 Å². The summed E-state index contributed by atoms with van der Waals surface area (Å²) < 4.78 is 49.3. The predicted molar refractivity (Wildman–Crippen MR) is 98.7 cm³/mol. The van der Waals surface area contributed by atoms with Gasteiger partial charge in [0.05, 0.1) is 19.5 Å². The second-order valence-electron chi connectivity index (χ2n) is 7.39. The molecule has 0 amide bonds. The zero-order valence-electron chi connectivity index (χ0n) is 15.5. The molecule has 2 fully saturated rings. The summed E-state index contributed by atoms with van der Waals surface area (Å²) in [5, 5.41) is 11.0. The maximum Gasteiger partial charge on any atom is 0.211 e. The van der Waals surface area contributed by atoms with Crippen LogP contribution in [0.2, 0.25) is 0 Å². The van der Waals surface area contributed by atoms with Gasteiger partial charge >= 0.3 is 0 Å². The van der Waals surface area contributed by atoms with Crippen LogP contribution in [0, 0.1) is 5.82 Å². The van der Waals surface area contributed by atoms with Crippen molar-refractivity contribution >= 4 is 10.0 Å². The Kier molecular flexibility index (Phi) is 6.37. The van der Waals surface area contributed by atoms with E-state index in [1.165, 1.54) is 22.7 Å². The Morgan fingerprint density at radius 3 is 2.74 bits per heavy atom. The van der Waals surface area contributed by atoms with Crippen LogP contribution in [0.3, 0.4) is 0 Å². The van der Waals surface area contributed by atoms with Gasteiger partial charge in [0.2, 0.25) is 10.0 Å². The zero-order chi connectivity index (χ0) is 19.5. The van der Waals surface area contributed by atoms with E-state index in [1.54, 1.807) is 12.1 Å². The normalized spacial score (nSPS) is 26.6. The third-order valence-electron chi connectivity index (χ3n) is 5.10. The van der Waals surface area contributed by atoms with Crippen molar-refractivity contribution in [1.29, 1.82) is 0 Å². The van der Waals surface area contributed by atoms with E-state index in [4.69, 9.17) is 9.47 Å². The van der Waals surface area contributed by atoms with Crippen molar-refractivity contribution in [3.63, 3.8) is 0 Å². The Labute approximate surface area is 159 Å². The fraction of sp³-hybridized carbons (Fsp3) is 0.667. The van der Waals surface area contributed by atoms with E-state index in [0.29, 0.717) is 51.4 Å². The molecule has 2 heterocycles. The lowest BCUT2D eigenvalue weighted by Crippen LogP contribution is -2.53. The molecule has 0 spiro atoms. The van der Waals surface area contributed by atoms with Crippen LogP contribution in [-0.4, -0.2) is 86.6 Å². The molecule has 9 heteroatoms. The summed E-state index contributed by atoms with van der Waals surface area (Å²) in [5.41, 5.74) is -1.21. The minimum absolute atomic E-state index is 0.00482. The Hall–Kier alpha value is -1.26. The molecular weight excluding hydrogens is 375 g/mol. The van der Waals surface area contributed by atoms with Crippen LogP contribution < -0.4 is 4.74 Å². The lowest BCUT2D eigenvalue weighted by Gasteiger charge is -2.39. The summed E-state index contributed by atoms with van der Waals surface area (Å²) in [4.78, 5) is 2.15. The van der Waals surface area contributed by atoms with Crippen LogP contribution in [0.1, 0.15) is 12.8 Å². The van der Waals surface area contributed by atoms with Crippen molar-refractivity contribution in [2.75, 3.05) is 52.3 Å². The second-order valence-corrected chi connectivity index (χ2v) is 9.37. The van der Waals surface area contributed by atoms with Gasteiger partial charge in [-0.25, -0.2) is 17.1 Å². The van der Waals surface area contributed by atoms with Crippen LogP contribution in [0.5, 0.6) is 5.75 Å². The van der Waals surface area contributed by atoms with Gasteiger partial charge in [-0.15, -0.1) is 0 Å². The third-order valence-corrected chi connectivity index (χ3v) is 6.41. The number of ether oxygens (including phenoxy) is 2. The molecule has 2 aliphatic heterocycles. The van der Waals surface area contributed by atoms with Gasteiger partial charge in [-0.1, -0.05) is 6.07 Å². The first-order valence-electron chi connectivity index (χ1n) is 9.13. The number of nitrogens with zero attached hydrogens (tertiary/aromatic N) is 2. The fourth-order valence-corrected chi connectivity index (χ4v) is 4.53. The molecule has 0 radical (unpaired) electrons. The number of benzene rings is 1. The number of halogens is 1. The topological polar surface area (TPSA) is 79.3 Å². The van der Waals surface area contributed by atoms with Crippen LogP contribution in [0.15, 0.2) is 24.3 Å². The van der Waals surface area contributed by atoms with Crippen LogP contribution in [-0.2, 0) is 14.8 Å². The maximum absolute atomic E-state index is 13.3. The third kappa shape index (κ3) is 5.61. The van der Waals surface area contributed by atoms with Crippen molar-refractivity contribution in [1.82, 2.24) is 9.21 Å². The molecule has 0 aromatic heterocycles. The molecule has 1 unspecified atom stereocenters. The highest BCUT2D eigenvalue weighted by molar-refractivity contribution is 7.88. The summed E-state index contributed by atoms with van der Waals surface area (Å²) >= 11 is 0. The monoisotopic (exact) mass is 402 g/mol. The summed E-state index contributed by atoms with van der Waals surface area (Å²) in [6.07, 6.45) is 2.66. The predicted octanol–water partition coefficient (Wildman–Crippen LogP) is 0.692. The number of sulfonamides is 1. The highest BCUT2D eigenvalue weighted by Gasteiger charge is 2.37. The minimum Gasteiger partial charge on any atom is -0.490 e. The average molecular weight is 402 g/mol. The van der Waals surface area contributed by atoms with E-state index in [1.807, 2.05) is 0 Å². The standard InChI is InChI=1S/C18H27FN2O5S/c1-27(23,24)21-7-5-16(6-8-21)20-9-10-25-13-18(22,12-20)14-26-17-4-2-3-15(19)11-17/h2-4,11,16,22H,5-10,12-14H2,1H3. The molecule has 3 rings (SSSR count). The van der Waals surface area contributed by atoms with E-state index < -0.39 is 21.4 Å². The van der Waals surface area contributed by atoms with E-state index in [9.17, 15) is 17.9 Å². The van der Waals surface area contributed by atoms with Gasteiger partial charge in [-0.3, -0.25) is 4.90 Å². The minimum atomic E-state index is -3.16. The number of β-amino-alcohol motifs (C(OH)–C–C–N with tert-alkyl or cyclic N) is 1. The summed E-state index contributed by atoms with van der Waals surface area (Å²) in [5.74, 6) is -0.0310. The SMILES string of the molecule is CS(=O)(=O)N1CCC(N2CCOCC(O)(COc3cccc(F)c3)C2)CC1. The van der Waals surface area contributed by atoms with Crippen molar-refractivity contribution in [2.45, 2.75) is 24.5 Å². The molecule has 2 aliphatic rings. The van der Waals surface area contributed by atoms with E-state index in [2.05, 4.69) is 4.90 Å². The Morgan fingerprint density at radius 1 is 1.33 bits per heavy atom. The summed E-state index contributed by atoms with van der Waals surface area (Å²) in [6.45, 7) is 2.64. The molecule has 1 aromatic carbocycles. The van der Waals surface area contributed by atoms with Gasteiger partial charge < -0.3 is 14.6 Å². The van der Waals surface area contributed by atoms with Crippen molar-refractivity contribution < 1.29 is 27.4 Å². The van der Waals surface area contributed by atoms with Gasteiger partial charge in [0.25, 0.3) is 0 Å². The molecule has 0 bridgehead atoms. The molecule has 7 nitrogen and oxygen atoms in total. The quantitative estimate of drug-likeness (QED) is 0.781.